The molecule has 1 aromatic heterocycles. The number of carbonyl (C=O) groups is 2. The van der Waals surface area contributed by atoms with Gasteiger partial charge in [-0.2, -0.15) is 0 Å². The van der Waals surface area contributed by atoms with Crippen molar-refractivity contribution >= 4 is 39.5 Å². The standard InChI is InChI=1S/C9H9BrClN3O3/c10-5-3-6(7(11)14-4-5)8(15)13-1-2-17-9(12)16/h3-4H,1-2H2,(H2,12,16)(H,13,15). The average Bonchev–Trinajstić information content (AvgIpc) is 2.27. The first-order valence-electron chi connectivity index (χ1n) is 4.52. The molecule has 0 fully saturated rings. The number of ether oxygens (including phenoxy) is 1. The molecule has 92 valence electrons. The number of carbonyl (C=O) groups excluding carboxylic acids is 2. The minimum absolute atomic E-state index is 0.000123. The quantitative estimate of drug-likeness (QED) is 0.646. The average molecular weight is 323 g/mol. The molecule has 0 bridgehead atoms. The molecule has 0 aromatic carbocycles. The van der Waals surface area contributed by atoms with Crippen LogP contribution in [-0.2, 0) is 4.74 Å². The summed E-state index contributed by atoms with van der Waals surface area (Å²) in [6, 6.07) is 1.54. The predicted molar refractivity (Wildman–Crippen MR) is 64.8 cm³/mol. The van der Waals surface area contributed by atoms with Crippen molar-refractivity contribution in [1.82, 2.24) is 10.3 Å². The lowest BCUT2D eigenvalue weighted by atomic mass is 10.2. The van der Waals surface area contributed by atoms with Gasteiger partial charge in [-0.15, -0.1) is 0 Å². The van der Waals surface area contributed by atoms with Crippen molar-refractivity contribution in [2.75, 3.05) is 13.2 Å². The van der Waals surface area contributed by atoms with Crippen molar-refractivity contribution in [2.24, 2.45) is 5.73 Å². The molecule has 0 saturated carbocycles. The number of rotatable bonds is 4. The highest BCUT2D eigenvalue weighted by Gasteiger charge is 2.11. The van der Waals surface area contributed by atoms with E-state index >= 15 is 0 Å². The van der Waals surface area contributed by atoms with E-state index in [0.717, 1.165) is 0 Å². The van der Waals surface area contributed by atoms with Crippen LogP contribution in [0.4, 0.5) is 4.79 Å². The highest BCUT2D eigenvalue weighted by atomic mass is 79.9. The smallest absolute Gasteiger partial charge is 0.404 e. The van der Waals surface area contributed by atoms with Crippen LogP contribution in [0.25, 0.3) is 0 Å². The maximum absolute atomic E-state index is 11.6. The van der Waals surface area contributed by atoms with Crippen LogP contribution in [0.15, 0.2) is 16.7 Å². The number of hydrogen-bond donors (Lipinski definition) is 2. The lowest BCUT2D eigenvalue weighted by molar-refractivity contribution is 0.0936. The molecule has 0 atom stereocenters. The van der Waals surface area contributed by atoms with Crippen LogP contribution < -0.4 is 11.1 Å². The Morgan fingerprint density at radius 2 is 2.29 bits per heavy atom. The summed E-state index contributed by atoms with van der Waals surface area (Å²) in [7, 11) is 0. The fourth-order valence-corrected chi connectivity index (χ4v) is 1.51. The van der Waals surface area contributed by atoms with E-state index in [1.807, 2.05) is 0 Å². The van der Waals surface area contributed by atoms with Gasteiger partial charge in [0.2, 0.25) is 0 Å². The number of pyridine rings is 1. The summed E-state index contributed by atoms with van der Waals surface area (Å²) < 4.78 is 5.09. The highest BCUT2D eigenvalue weighted by molar-refractivity contribution is 9.10. The lowest BCUT2D eigenvalue weighted by Crippen LogP contribution is -2.29. The number of nitrogens with zero attached hydrogens (tertiary/aromatic N) is 1. The van der Waals surface area contributed by atoms with Crippen LogP contribution in [0.5, 0.6) is 0 Å². The molecule has 0 aliphatic rings. The maximum atomic E-state index is 11.6. The molecule has 17 heavy (non-hydrogen) atoms. The molecular weight excluding hydrogens is 313 g/mol. The van der Waals surface area contributed by atoms with Gasteiger partial charge in [-0.25, -0.2) is 9.78 Å². The van der Waals surface area contributed by atoms with Gasteiger partial charge in [0.25, 0.3) is 5.91 Å². The SMILES string of the molecule is NC(=O)OCCNC(=O)c1cc(Br)cnc1Cl. The van der Waals surface area contributed by atoms with Gasteiger partial charge < -0.3 is 15.8 Å². The van der Waals surface area contributed by atoms with E-state index in [1.54, 1.807) is 6.07 Å². The molecule has 0 aliphatic heterocycles. The van der Waals surface area contributed by atoms with Crippen LogP contribution in [0.2, 0.25) is 5.15 Å². The second-order valence-corrected chi connectivity index (χ2v) is 4.19. The molecule has 0 saturated heterocycles. The zero-order valence-electron chi connectivity index (χ0n) is 8.57. The fraction of sp³-hybridized carbons (Fsp3) is 0.222. The Morgan fingerprint density at radius 1 is 1.59 bits per heavy atom. The third kappa shape index (κ3) is 4.58. The van der Waals surface area contributed by atoms with Crippen molar-refractivity contribution in [1.29, 1.82) is 0 Å². The van der Waals surface area contributed by atoms with Gasteiger partial charge >= 0.3 is 6.09 Å². The van der Waals surface area contributed by atoms with Gasteiger partial charge in [0.1, 0.15) is 11.8 Å². The van der Waals surface area contributed by atoms with Crippen molar-refractivity contribution in [3.63, 3.8) is 0 Å². The lowest BCUT2D eigenvalue weighted by Gasteiger charge is -2.06. The van der Waals surface area contributed by atoms with E-state index in [9.17, 15) is 9.59 Å². The monoisotopic (exact) mass is 321 g/mol. The molecule has 1 heterocycles. The number of nitrogens with two attached hydrogens (primary N) is 1. The molecule has 0 aliphatic carbocycles. The van der Waals surface area contributed by atoms with Crippen LogP contribution in [0, 0.1) is 0 Å². The number of aromatic nitrogens is 1. The van der Waals surface area contributed by atoms with Crippen molar-refractivity contribution in [3.05, 3.63) is 27.5 Å². The van der Waals surface area contributed by atoms with Gasteiger partial charge in [-0.3, -0.25) is 4.79 Å². The number of halogens is 2. The second-order valence-electron chi connectivity index (χ2n) is 2.92. The minimum atomic E-state index is -0.888. The van der Waals surface area contributed by atoms with Crippen molar-refractivity contribution < 1.29 is 14.3 Å². The van der Waals surface area contributed by atoms with E-state index in [0.29, 0.717) is 4.47 Å². The maximum Gasteiger partial charge on any atom is 0.404 e. The summed E-state index contributed by atoms with van der Waals surface area (Å²) >= 11 is 8.93. The topological polar surface area (TPSA) is 94.3 Å². The van der Waals surface area contributed by atoms with Crippen LogP contribution in [0.1, 0.15) is 10.4 Å². The largest absolute Gasteiger partial charge is 0.448 e. The Hall–Kier alpha value is -1.34. The number of hydrogen-bond acceptors (Lipinski definition) is 4. The van der Waals surface area contributed by atoms with E-state index in [1.165, 1.54) is 6.20 Å². The number of primary amides is 1. The highest BCUT2D eigenvalue weighted by Crippen LogP contribution is 2.17. The first kappa shape index (κ1) is 13.7. The Balaban J connectivity index is 2.52. The summed E-state index contributed by atoms with van der Waals surface area (Å²) in [6.45, 7) is 0.144. The Kier molecular flexibility index (Phi) is 5.17. The molecule has 1 rings (SSSR count). The first-order valence-corrected chi connectivity index (χ1v) is 5.69. The summed E-state index contributed by atoms with van der Waals surface area (Å²) in [5.74, 6) is -0.406. The Labute approximate surface area is 111 Å². The van der Waals surface area contributed by atoms with Crippen molar-refractivity contribution in [3.8, 4) is 0 Å². The normalized spacial score (nSPS) is 9.76. The zero-order chi connectivity index (χ0) is 12.8. The minimum Gasteiger partial charge on any atom is -0.448 e. The fourth-order valence-electron chi connectivity index (χ4n) is 0.993. The van der Waals surface area contributed by atoms with Crippen molar-refractivity contribution in [2.45, 2.75) is 0 Å². The molecule has 2 amide bonds. The van der Waals surface area contributed by atoms with Gasteiger partial charge in [0, 0.05) is 10.7 Å². The van der Waals surface area contributed by atoms with Gasteiger partial charge in [0.15, 0.2) is 0 Å². The Morgan fingerprint density at radius 3 is 2.94 bits per heavy atom. The molecular formula is C9H9BrClN3O3. The zero-order valence-corrected chi connectivity index (χ0v) is 10.9. The molecule has 3 N–H and O–H groups in total. The molecule has 0 radical (unpaired) electrons. The van der Waals surface area contributed by atoms with E-state index in [-0.39, 0.29) is 23.9 Å². The van der Waals surface area contributed by atoms with E-state index in [4.69, 9.17) is 17.3 Å². The Bertz CT molecular complexity index is 441. The van der Waals surface area contributed by atoms with E-state index < -0.39 is 12.0 Å². The predicted octanol–water partition coefficient (Wildman–Crippen LogP) is 1.32. The first-order chi connectivity index (χ1) is 8.00. The molecule has 0 spiro atoms. The number of nitrogens with one attached hydrogen (secondary N) is 1. The van der Waals surface area contributed by atoms with Gasteiger partial charge in [-0.05, 0) is 22.0 Å². The molecule has 8 heteroatoms. The van der Waals surface area contributed by atoms with Gasteiger partial charge in [-0.1, -0.05) is 11.6 Å². The second kappa shape index (κ2) is 6.41. The summed E-state index contributed by atoms with van der Waals surface area (Å²) in [6.07, 6.45) is 0.594. The number of amides is 2. The third-order valence-electron chi connectivity index (χ3n) is 1.68. The van der Waals surface area contributed by atoms with Gasteiger partial charge in [0.05, 0.1) is 12.1 Å². The van der Waals surface area contributed by atoms with Crippen LogP contribution in [0.3, 0.4) is 0 Å². The summed E-state index contributed by atoms with van der Waals surface area (Å²) in [5.41, 5.74) is 4.99. The summed E-state index contributed by atoms with van der Waals surface area (Å²) in [4.78, 5) is 25.7. The van der Waals surface area contributed by atoms with Crippen LogP contribution >= 0.6 is 27.5 Å². The molecule has 6 nitrogen and oxygen atoms in total. The summed E-state index contributed by atoms with van der Waals surface area (Å²) in [5, 5.41) is 2.60. The third-order valence-corrected chi connectivity index (χ3v) is 2.42. The molecule has 1 aromatic rings. The van der Waals surface area contributed by atoms with E-state index in [2.05, 4.69) is 31.0 Å². The molecule has 0 unspecified atom stereocenters. The van der Waals surface area contributed by atoms with Crippen LogP contribution in [-0.4, -0.2) is 30.1 Å².